The lowest BCUT2D eigenvalue weighted by atomic mass is 10.1. The molecule has 0 heterocycles. The Balaban J connectivity index is 2.52. The molecule has 0 saturated carbocycles. The lowest BCUT2D eigenvalue weighted by Gasteiger charge is -2.12. The third kappa shape index (κ3) is 3.61. The van der Waals surface area contributed by atoms with Crippen LogP contribution in [0.25, 0.3) is 0 Å². The van der Waals surface area contributed by atoms with Gasteiger partial charge in [0.25, 0.3) is 5.91 Å². The zero-order valence-electron chi connectivity index (χ0n) is 9.05. The van der Waals surface area contributed by atoms with Crippen LogP contribution in [0.4, 0.5) is 0 Å². The maximum atomic E-state index is 11.7. The molecule has 0 aliphatic rings. The van der Waals surface area contributed by atoms with Crippen LogP contribution in [0.1, 0.15) is 23.7 Å². The summed E-state index contributed by atoms with van der Waals surface area (Å²) in [5.41, 5.74) is 5.93. The number of carbonyl (C=O) groups is 1. The van der Waals surface area contributed by atoms with E-state index in [0.717, 1.165) is 0 Å². The van der Waals surface area contributed by atoms with Gasteiger partial charge in [0.2, 0.25) is 0 Å². The van der Waals surface area contributed by atoms with Crippen LogP contribution >= 0.6 is 0 Å². The van der Waals surface area contributed by atoms with Gasteiger partial charge in [-0.1, -0.05) is 23.4 Å². The highest BCUT2D eigenvalue weighted by atomic mass is 16.4. The van der Waals surface area contributed by atoms with E-state index >= 15 is 0 Å². The van der Waals surface area contributed by atoms with Gasteiger partial charge < -0.3 is 16.3 Å². The molecule has 1 rings (SSSR count). The molecule has 5 heteroatoms. The first-order chi connectivity index (χ1) is 7.63. The summed E-state index contributed by atoms with van der Waals surface area (Å²) in [6.45, 7) is 1.79. The van der Waals surface area contributed by atoms with Crippen LogP contribution in [0.2, 0.25) is 0 Å². The maximum absolute atomic E-state index is 11.7. The Labute approximate surface area is 94.0 Å². The van der Waals surface area contributed by atoms with Gasteiger partial charge in [0, 0.05) is 18.0 Å². The summed E-state index contributed by atoms with van der Waals surface area (Å²) in [5.74, 6) is -0.0697. The molecule has 1 unspecified atom stereocenters. The SMILES string of the molecule is CC(CC(N)=NO)NC(=O)c1ccccc1. The number of rotatable bonds is 4. The number of carbonyl (C=O) groups excluding carboxylic acids is 1. The molecule has 86 valence electrons. The molecule has 0 aliphatic carbocycles. The molecule has 1 aromatic carbocycles. The molecule has 16 heavy (non-hydrogen) atoms. The van der Waals surface area contributed by atoms with Crippen molar-refractivity contribution in [1.82, 2.24) is 5.32 Å². The van der Waals surface area contributed by atoms with Crippen molar-refractivity contribution in [3.63, 3.8) is 0 Å². The molecule has 0 aromatic heterocycles. The van der Waals surface area contributed by atoms with Gasteiger partial charge in [-0.3, -0.25) is 4.79 Å². The van der Waals surface area contributed by atoms with Gasteiger partial charge in [-0.2, -0.15) is 0 Å². The molecule has 0 aliphatic heterocycles. The van der Waals surface area contributed by atoms with Gasteiger partial charge in [0.15, 0.2) is 0 Å². The van der Waals surface area contributed by atoms with Gasteiger partial charge in [-0.05, 0) is 19.1 Å². The van der Waals surface area contributed by atoms with E-state index in [2.05, 4.69) is 10.5 Å². The van der Waals surface area contributed by atoms with E-state index < -0.39 is 0 Å². The van der Waals surface area contributed by atoms with Crippen LogP contribution in [0.3, 0.4) is 0 Å². The monoisotopic (exact) mass is 221 g/mol. The Morgan fingerprint density at radius 1 is 1.50 bits per heavy atom. The lowest BCUT2D eigenvalue weighted by molar-refractivity contribution is 0.0941. The molecule has 1 amide bonds. The van der Waals surface area contributed by atoms with Gasteiger partial charge in [0.1, 0.15) is 5.84 Å². The van der Waals surface area contributed by atoms with Gasteiger partial charge in [-0.15, -0.1) is 0 Å². The van der Waals surface area contributed by atoms with Crippen LogP contribution < -0.4 is 11.1 Å². The van der Waals surface area contributed by atoms with Crippen molar-refractivity contribution in [2.45, 2.75) is 19.4 Å². The van der Waals surface area contributed by atoms with Crippen molar-refractivity contribution >= 4 is 11.7 Å². The molecule has 5 nitrogen and oxygen atoms in total. The van der Waals surface area contributed by atoms with Crippen molar-refractivity contribution in [1.29, 1.82) is 0 Å². The third-order valence-corrected chi connectivity index (χ3v) is 2.06. The molecule has 1 aromatic rings. The van der Waals surface area contributed by atoms with Crippen molar-refractivity contribution in [3.05, 3.63) is 35.9 Å². The predicted octanol–water partition coefficient (Wildman–Crippen LogP) is 0.941. The zero-order chi connectivity index (χ0) is 12.0. The minimum Gasteiger partial charge on any atom is -0.409 e. The normalized spacial score (nSPS) is 13.2. The quantitative estimate of drug-likeness (QED) is 0.306. The maximum Gasteiger partial charge on any atom is 0.251 e. The van der Waals surface area contributed by atoms with Crippen molar-refractivity contribution in [3.8, 4) is 0 Å². The number of amides is 1. The van der Waals surface area contributed by atoms with E-state index in [4.69, 9.17) is 10.9 Å². The minimum atomic E-state index is -0.177. The second-order valence-corrected chi connectivity index (χ2v) is 3.54. The number of nitrogens with two attached hydrogens (primary N) is 1. The van der Waals surface area contributed by atoms with E-state index in [9.17, 15) is 4.79 Å². The summed E-state index contributed by atoms with van der Waals surface area (Å²) >= 11 is 0. The van der Waals surface area contributed by atoms with E-state index in [-0.39, 0.29) is 17.8 Å². The van der Waals surface area contributed by atoms with Crippen LogP contribution in [-0.2, 0) is 0 Å². The van der Waals surface area contributed by atoms with Gasteiger partial charge >= 0.3 is 0 Å². The Morgan fingerprint density at radius 2 is 2.12 bits per heavy atom. The number of benzene rings is 1. The average Bonchev–Trinajstić information content (AvgIpc) is 2.29. The van der Waals surface area contributed by atoms with Crippen LogP contribution in [0.5, 0.6) is 0 Å². The summed E-state index contributed by atoms with van der Waals surface area (Å²) in [7, 11) is 0. The molecular formula is C11H15N3O2. The molecule has 1 atom stereocenters. The highest BCUT2D eigenvalue weighted by molar-refractivity contribution is 5.94. The van der Waals surface area contributed by atoms with Crippen LogP contribution in [-0.4, -0.2) is 23.0 Å². The molecule has 0 fully saturated rings. The number of oxime groups is 1. The summed E-state index contributed by atoms with van der Waals surface area (Å²) in [4.78, 5) is 11.7. The van der Waals surface area contributed by atoms with Crippen molar-refractivity contribution in [2.75, 3.05) is 0 Å². The summed E-state index contributed by atoms with van der Waals surface area (Å²) in [5, 5.41) is 14.0. The van der Waals surface area contributed by atoms with Gasteiger partial charge in [-0.25, -0.2) is 0 Å². The Morgan fingerprint density at radius 3 is 2.69 bits per heavy atom. The molecule has 4 N–H and O–H groups in total. The second kappa shape index (κ2) is 5.75. The van der Waals surface area contributed by atoms with Crippen molar-refractivity contribution in [2.24, 2.45) is 10.9 Å². The number of hydrogen-bond donors (Lipinski definition) is 3. The van der Waals surface area contributed by atoms with Crippen LogP contribution in [0, 0.1) is 0 Å². The smallest absolute Gasteiger partial charge is 0.251 e. The van der Waals surface area contributed by atoms with Crippen LogP contribution in [0.15, 0.2) is 35.5 Å². The standard InChI is InChI=1S/C11H15N3O2/c1-8(7-10(12)14-16)13-11(15)9-5-3-2-4-6-9/h2-6,8,16H,7H2,1H3,(H2,12,14)(H,13,15). The molecule has 0 spiro atoms. The summed E-state index contributed by atoms with van der Waals surface area (Å²) in [6.07, 6.45) is 0.315. The number of nitrogens with zero attached hydrogens (tertiary/aromatic N) is 1. The number of hydrogen-bond acceptors (Lipinski definition) is 3. The van der Waals surface area contributed by atoms with E-state index in [0.29, 0.717) is 12.0 Å². The second-order valence-electron chi connectivity index (χ2n) is 3.54. The third-order valence-electron chi connectivity index (χ3n) is 2.06. The highest BCUT2D eigenvalue weighted by Gasteiger charge is 2.10. The van der Waals surface area contributed by atoms with E-state index in [1.165, 1.54) is 0 Å². The highest BCUT2D eigenvalue weighted by Crippen LogP contribution is 2.00. The first-order valence-corrected chi connectivity index (χ1v) is 4.95. The first kappa shape index (κ1) is 12.0. The largest absolute Gasteiger partial charge is 0.409 e. The fourth-order valence-electron chi connectivity index (χ4n) is 1.30. The Bertz CT molecular complexity index is 376. The number of amidine groups is 1. The fourth-order valence-corrected chi connectivity index (χ4v) is 1.30. The lowest BCUT2D eigenvalue weighted by Crippen LogP contribution is -2.35. The average molecular weight is 221 g/mol. The Hall–Kier alpha value is -2.04. The molecule has 0 bridgehead atoms. The topological polar surface area (TPSA) is 87.7 Å². The zero-order valence-corrected chi connectivity index (χ0v) is 9.05. The summed E-state index contributed by atoms with van der Waals surface area (Å²) < 4.78 is 0. The molecular weight excluding hydrogens is 206 g/mol. The van der Waals surface area contributed by atoms with Crippen molar-refractivity contribution < 1.29 is 10.0 Å². The Kier molecular flexibility index (Phi) is 4.32. The van der Waals surface area contributed by atoms with E-state index in [1.54, 1.807) is 31.2 Å². The fraction of sp³-hybridized carbons (Fsp3) is 0.273. The number of nitrogens with one attached hydrogen (secondary N) is 1. The summed E-state index contributed by atoms with van der Waals surface area (Å²) in [6, 6.07) is 8.71. The predicted molar refractivity (Wildman–Crippen MR) is 61.4 cm³/mol. The molecule has 0 radical (unpaired) electrons. The minimum absolute atomic E-state index is 0.0980. The first-order valence-electron chi connectivity index (χ1n) is 4.95. The van der Waals surface area contributed by atoms with E-state index in [1.807, 2.05) is 6.07 Å². The molecule has 0 saturated heterocycles. The van der Waals surface area contributed by atoms with Gasteiger partial charge in [0.05, 0.1) is 0 Å².